The van der Waals surface area contributed by atoms with Gasteiger partial charge in [-0.05, 0) is 18.8 Å². The number of rotatable bonds is 4. The second-order valence-electron chi connectivity index (χ2n) is 4.17. The van der Waals surface area contributed by atoms with Crippen molar-refractivity contribution in [3.8, 4) is 0 Å². The molecule has 3 nitrogen and oxygen atoms in total. The molecular weight excluding hydrogens is 166 g/mol. The number of carboxylic acid groups (broad SMARTS) is 1. The lowest BCUT2D eigenvalue weighted by Crippen LogP contribution is -2.33. The summed E-state index contributed by atoms with van der Waals surface area (Å²) in [6.07, 6.45) is 5.06. The predicted octanol–water partition coefficient (Wildman–Crippen LogP) is 1.61. The molecule has 3 heteroatoms. The predicted molar refractivity (Wildman–Crippen MR) is 51.4 cm³/mol. The van der Waals surface area contributed by atoms with Gasteiger partial charge in [-0.1, -0.05) is 25.7 Å². The van der Waals surface area contributed by atoms with Crippen LogP contribution in [0.4, 0.5) is 0 Å². The van der Waals surface area contributed by atoms with E-state index in [4.69, 9.17) is 10.8 Å². The zero-order chi connectivity index (χ0) is 9.84. The molecule has 0 saturated heterocycles. The van der Waals surface area contributed by atoms with Gasteiger partial charge >= 0.3 is 5.97 Å². The highest BCUT2D eigenvalue weighted by Crippen LogP contribution is 2.34. The van der Waals surface area contributed by atoms with E-state index < -0.39 is 5.97 Å². The molecule has 2 atom stereocenters. The quantitative estimate of drug-likeness (QED) is 0.699. The van der Waals surface area contributed by atoms with Crippen molar-refractivity contribution in [2.75, 3.05) is 0 Å². The van der Waals surface area contributed by atoms with Crippen molar-refractivity contribution in [1.29, 1.82) is 0 Å². The molecule has 1 saturated carbocycles. The molecule has 0 heterocycles. The first-order valence-electron chi connectivity index (χ1n) is 5.08. The van der Waals surface area contributed by atoms with Crippen molar-refractivity contribution in [3.63, 3.8) is 0 Å². The second-order valence-corrected chi connectivity index (χ2v) is 4.17. The number of hydrogen-bond donors (Lipinski definition) is 2. The van der Waals surface area contributed by atoms with Gasteiger partial charge in [-0.3, -0.25) is 4.79 Å². The fourth-order valence-electron chi connectivity index (χ4n) is 2.37. The minimum absolute atomic E-state index is 0.0131. The van der Waals surface area contributed by atoms with Crippen molar-refractivity contribution >= 4 is 5.97 Å². The van der Waals surface area contributed by atoms with E-state index >= 15 is 0 Å². The van der Waals surface area contributed by atoms with Crippen molar-refractivity contribution in [2.24, 2.45) is 17.6 Å². The van der Waals surface area contributed by atoms with Gasteiger partial charge < -0.3 is 10.8 Å². The molecule has 0 spiro atoms. The van der Waals surface area contributed by atoms with Gasteiger partial charge in [0.05, 0.1) is 0 Å². The number of nitrogens with two attached hydrogens (primary N) is 1. The molecule has 13 heavy (non-hydrogen) atoms. The summed E-state index contributed by atoms with van der Waals surface area (Å²) in [7, 11) is 0. The Morgan fingerprint density at radius 3 is 2.46 bits per heavy atom. The first-order chi connectivity index (χ1) is 6.11. The standard InChI is InChI=1S/C10H19NO2/c1-7(11)9(6-10(12)13)8-4-2-3-5-8/h7-9H,2-6,11H2,1H3,(H,12,13). The Kier molecular flexibility index (Phi) is 3.72. The van der Waals surface area contributed by atoms with Crippen LogP contribution < -0.4 is 5.73 Å². The Hall–Kier alpha value is -0.570. The largest absolute Gasteiger partial charge is 0.481 e. The van der Waals surface area contributed by atoms with E-state index in [2.05, 4.69) is 0 Å². The van der Waals surface area contributed by atoms with Gasteiger partial charge in [-0.15, -0.1) is 0 Å². The van der Waals surface area contributed by atoms with Gasteiger partial charge in [0.15, 0.2) is 0 Å². The Balaban J connectivity index is 2.50. The number of carbonyl (C=O) groups is 1. The normalized spacial score (nSPS) is 22.9. The van der Waals surface area contributed by atoms with E-state index in [1.54, 1.807) is 0 Å². The summed E-state index contributed by atoms with van der Waals surface area (Å²) in [4.78, 5) is 10.6. The first-order valence-corrected chi connectivity index (χ1v) is 5.08. The number of aliphatic carboxylic acids is 1. The lowest BCUT2D eigenvalue weighted by molar-refractivity contribution is -0.138. The van der Waals surface area contributed by atoms with Crippen molar-refractivity contribution in [2.45, 2.75) is 45.1 Å². The highest BCUT2D eigenvalue weighted by molar-refractivity contribution is 5.67. The molecule has 3 N–H and O–H groups in total. The molecule has 0 aromatic heterocycles. The van der Waals surface area contributed by atoms with Gasteiger partial charge in [-0.25, -0.2) is 0 Å². The monoisotopic (exact) mass is 185 g/mol. The lowest BCUT2D eigenvalue weighted by Gasteiger charge is -2.25. The van der Waals surface area contributed by atoms with E-state index in [1.165, 1.54) is 25.7 Å². The molecule has 0 aromatic rings. The first kappa shape index (κ1) is 10.5. The van der Waals surface area contributed by atoms with Crippen LogP contribution in [-0.4, -0.2) is 17.1 Å². The van der Waals surface area contributed by atoms with E-state index in [-0.39, 0.29) is 18.4 Å². The zero-order valence-electron chi connectivity index (χ0n) is 8.20. The summed E-state index contributed by atoms with van der Waals surface area (Å²) in [5.74, 6) is 0.0188. The van der Waals surface area contributed by atoms with E-state index in [1.807, 2.05) is 6.92 Å². The van der Waals surface area contributed by atoms with Crippen LogP contribution in [0.5, 0.6) is 0 Å². The Bertz CT molecular complexity index is 174. The average Bonchev–Trinajstić information content (AvgIpc) is 2.50. The molecule has 0 amide bonds. The topological polar surface area (TPSA) is 63.3 Å². The van der Waals surface area contributed by atoms with Crippen LogP contribution in [-0.2, 0) is 4.79 Å². The molecule has 0 radical (unpaired) electrons. The lowest BCUT2D eigenvalue weighted by atomic mass is 9.83. The number of carboxylic acids is 1. The molecular formula is C10H19NO2. The Morgan fingerprint density at radius 1 is 1.54 bits per heavy atom. The smallest absolute Gasteiger partial charge is 0.303 e. The van der Waals surface area contributed by atoms with Crippen LogP contribution in [0.3, 0.4) is 0 Å². The highest BCUT2D eigenvalue weighted by atomic mass is 16.4. The van der Waals surface area contributed by atoms with E-state index in [0.29, 0.717) is 5.92 Å². The van der Waals surface area contributed by atoms with Crippen molar-refractivity contribution in [1.82, 2.24) is 0 Å². The maximum absolute atomic E-state index is 10.6. The minimum atomic E-state index is -0.714. The van der Waals surface area contributed by atoms with Crippen LogP contribution in [0.15, 0.2) is 0 Å². The average molecular weight is 185 g/mol. The fraction of sp³-hybridized carbons (Fsp3) is 0.900. The van der Waals surface area contributed by atoms with E-state index in [9.17, 15) is 4.79 Å². The van der Waals surface area contributed by atoms with Crippen LogP contribution in [0, 0.1) is 11.8 Å². The third-order valence-corrected chi connectivity index (χ3v) is 3.09. The second kappa shape index (κ2) is 4.61. The SMILES string of the molecule is CC(N)C(CC(=O)O)C1CCCC1. The molecule has 1 rings (SSSR count). The van der Waals surface area contributed by atoms with Crippen LogP contribution in [0.1, 0.15) is 39.0 Å². The molecule has 0 aromatic carbocycles. The Labute approximate surface area is 79.3 Å². The van der Waals surface area contributed by atoms with E-state index in [0.717, 1.165) is 0 Å². The summed E-state index contributed by atoms with van der Waals surface area (Å²) in [5.41, 5.74) is 5.80. The van der Waals surface area contributed by atoms with Crippen LogP contribution in [0.25, 0.3) is 0 Å². The Morgan fingerprint density at radius 2 is 2.08 bits per heavy atom. The van der Waals surface area contributed by atoms with Gasteiger partial charge in [0.1, 0.15) is 0 Å². The molecule has 1 fully saturated rings. The summed E-state index contributed by atoms with van der Waals surface area (Å²) < 4.78 is 0. The minimum Gasteiger partial charge on any atom is -0.481 e. The highest BCUT2D eigenvalue weighted by Gasteiger charge is 2.29. The van der Waals surface area contributed by atoms with Crippen molar-refractivity contribution < 1.29 is 9.90 Å². The molecule has 2 unspecified atom stereocenters. The fourth-order valence-corrected chi connectivity index (χ4v) is 2.37. The maximum Gasteiger partial charge on any atom is 0.303 e. The molecule has 1 aliphatic rings. The number of hydrogen-bond acceptors (Lipinski definition) is 2. The summed E-state index contributed by atoms with van der Waals surface area (Å²) in [5, 5.41) is 8.74. The molecule has 76 valence electrons. The third kappa shape index (κ3) is 2.99. The van der Waals surface area contributed by atoms with Gasteiger partial charge in [0.25, 0.3) is 0 Å². The molecule has 0 aliphatic heterocycles. The van der Waals surface area contributed by atoms with Gasteiger partial charge in [-0.2, -0.15) is 0 Å². The summed E-state index contributed by atoms with van der Waals surface area (Å²) >= 11 is 0. The third-order valence-electron chi connectivity index (χ3n) is 3.09. The van der Waals surface area contributed by atoms with Crippen LogP contribution in [0.2, 0.25) is 0 Å². The zero-order valence-corrected chi connectivity index (χ0v) is 8.20. The molecule has 0 bridgehead atoms. The summed E-state index contributed by atoms with van der Waals surface area (Å²) in [6, 6.07) is 0.0131. The maximum atomic E-state index is 10.6. The summed E-state index contributed by atoms with van der Waals surface area (Å²) in [6.45, 7) is 1.92. The van der Waals surface area contributed by atoms with Gasteiger partial charge in [0.2, 0.25) is 0 Å². The van der Waals surface area contributed by atoms with Crippen molar-refractivity contribution in [3.05, 3.63) is 0 Å². The van der Waals surface area contributed by atoms with Gasteiger partial charge in [0, 0.05) is 12.5 Å². The molecule has 1 aliphatic carbocycles. The van der Waals surface area contributed by atoms with Crippen LogP contribution >= 0.6 is 0 Å².